The second-order valence-electron chi connectivity index (χ2n) is 7.06. The van der Waals surface area contributed by atoms with E-state index in [1.165, 1.54) is 5.56 Å². The van der Waals surface area contributed by atoms with E-state index in [1.54, 1.807) is 17.0 Å². The van der Waals surface area contributed by atoms with Crippen molar-refractivity contribution >= 4 is 40.8 Å². The molecule has 152 valence electrons. The molecule has 0 spiro atoms. The van der Waals surface area contributed by atoms with Crippen LogP contribution in [0.15, 0.2) is 42.5 Å². The van der Waals surface area contributed by atoms with Crippen molar-refractivity contribution in [2.45, 2.75) is 26.7 Å². The topological polar surface area (TPSA) is 75.7 Å². The Hall–Kier alpha value is -2.86. The molecule has 2 aromatic carbocycles. The minimum atomic E-state index is -0.593. The largest absolute Gasteiger partial charge is 0.455 e. The number of aryl methyl sites for hydroxylation is 2. The third-order valence-electron chi connectivity index (χ3n) is 4.86. The van der Waals surface area contributed by atoms with Gasteiger partial charge in [-0.2, -0.15) is 0 Å². The highest BCUT2D eigenvalue weighted by molar-refractivity contribution is 6.33. The molecule has 1 atom stereocenters. The van der Waals surface area contributed by atoms with E-state index in [1.807, 2.05) is 37.3 Å². The lowest BCUT2D eigenvalue weighted by molar-refractivity contribution is -0.151. The second kappa shape index (κ2) is 9.09. The Morgan fingerprint density at radius 3 is 2.59 bits per heavy atom. The number of carbonyl (C=O) groups is 3. The molecule has 0 radical (unpaired) electrons. The van der Waals surface area contributed by atoms with Crippen LogP contribution < -0.4 is 10.2 Å². The Balaban J connectivity index is 1.52. The molecular weight excluding hydrogens is 392 g/mol. The fourth-order valence-corrected chi connectivity index (χ4v) is 3.47. The summed E-state index contributed by atoms with van der Waals surface area (Å²) in [5, 5.41) is 3.02. The first-order chi connectivity index (χ1) is 13.9. The van der Waals surface area contributed by atoms with Crippen LogP contribution in [0.2, 0.25) is 5.02 Å². The molecule has 1 saturated heterocycles. The van der Waals surface area contributed by atoms with E-state index in [0.29, 0.717) is 10.7 Å². The number of amides is 2. The molecule has 3 rings (SSSR count). The molecule has 0 unspecified atom stereocenters. The van der Waals surface area contributed by atoms with Crippen molar-refractivity contribution in [3.8, 4) is 0 Å². The van der Waals surface area contributed by atoms with E-state index in [4.69, 9.17) is 16.3 Å². The quantitative estimate of drug-likeness (QED) is 0.730. The normalized spacial score (nSPS) is 16.0. The number of hydrogen-bond acceptors (Lipinski definition) is 4. The average molecular weight is 415 g/mol. The van der Waals surface area contributed by atoms with Gasteiger partial charge in [-0.3, -0.25) is 14.4 Å². The number of nitrogens with one attached hydrogen (secondary N) is 1. The van der Waals surface area contributed by atoms with Gasteiger partial charge < -0.3 is 15.0 Å². The van der Waals surface area contributed by atoms with Crippen molar-refractivity contribution in [3.63, 3.8) is 0 Å². The highest BCUT2D eigenvalue weighted by Crippen LogP contribution is 2.26. The molecule has 0 bridgehead atoms. The van der Waals surface area contributed by atoms with Gasteiger partial charge in [0.05, 0.1) is 16.6 Å². The first-order valence-corrected chi connectivity index (χ1v) is 9.87. The maximum Gasteiger partial charge on any atom is 0.311 e. The molecule has 1 heterocycles. The number of benzene rings is 2. The summed E-state index contributed by atoms with van der Waals surface area (Å²) in [6.45, 7) is 3.77. The zero-order valence-electron chi connectivity index (χ0n) is 16.4. The molecule has 1 aliphatic heterocycles. The highest BCUT2D eigenvalue weighted by Gasteiger charge is 2.36. The molecule has 2 amide bonds. The first kappa shape index (κ1) is 20.9. The van der Waals surface area contributed by atoms with Crippen molar-refractivity contribution in [3.05, 3.63) is 58.6 Å². The fraction of sp³-hybridized carbons (Fsp3) is 0.318. The third kappa shape index (κ3) is 5.15. The van der Waals surface area contributed by atoms with Crippen molar-refractivity contribution in [1.29, 1.82) is 0 Å². The summed E-state index contributed by atoms with van der Waals surface area (Å²) in [6, 6.07) is 12.9. The van der Waals surface area contributed by atoms with Crippen LogP contribution in [0.4, 0.5) is 11.4 Å². The molecular formula is C22H23ClN2O4. The molecule has 0 saturated carbocycles. The average Bonchev–Trinajstić information content (AvgIpc) is 3.10. The zero-order chi connectivity index (χ0) is 21.0. The van der Waals surface area contributed by atoms with E-state index in [0.717, 1.165) is 17.7 Å². The standard InChI is InChI=1S/C22H23ClN2O4/c1-3-15-5-7-17(8-6-15)25-12-16(11-21(25)27)22(28)29-13-20(26)24-19-9-4-14(2)10-18(19)23/h4-10,16H,3,11-13H2,1-2H3,(H,24,26)/t16-/m1/s1. The SMILES string of the molecule is CCc1ccc(N2C[C@H](C(=O)OCC(=O)Nc3ccc(C)cc3Cl)CC2=O)cc1. The van der Waals surface area contributed by atoms with Crippen molar-refractivity contribution in [1.82, 2.24) is 0 Å². The van der Waals surface area contributed by atoms with Gasteiger partial charge in [-0.1, -0.05) is 36.7 Å². The van der Waals surface area contributed by atoms with Crippen LogP contribution in [0.3, 0.4) is 0 Å². The van der Waals surface area contributed by atoms with Crippen molar-refractivity contribution < 1.29 is 19.1 Å². The lowest BCUT2D eigenvalue weighted by Crippen LogP contribution is -2.28. The lowest BCUT2D eigenvalue weighted by atomic mass is 10.1. The Labute approximate surface area is 174 Å². The van der Waals surface area contributed by atoms with Gasteiger partial charge in [0.25, 0.3) is 5.91 Å². The second-order valence-corrected chi connectivity index (χ2v) is 7.47. The lowest BCUT2D eigenvalue weighted by Gasteiger charge is -2.17. The summed E-state index contributed by atoms with van der Waals surface area (Å²) in [5.41, 5.74) is 3.36. The Bertz CT molecular complexity index is 927. The number of rotatable bonds is 6. The number of esters is 1. The highest BCUT2D eigenvalue weighted by atomic mass is 35.5. The van der Waals surface area contributed by atoms with E-state index in [-0.39, 0.29) is 18.9 Å². The molecule has 0 aromatic heterocycles. The maximum atomic E-state index is 12.3. The molecule has 29 heavy (non-hydrogen) atoms. The smallest absolute Gasteiger partial charge is 0.311 e. The van der Waals surface area contributed by atoms with Gasteiger partial charge in [-0.25, -0.2) is 0 Å². The van der Waals surface area contributed by atoms with Gasteiger partial charge in [-0.05, 0) is 48.7 Å². The predicted molar refractivity (Wildman–Crippen MR) is 112 cm³/mol. The summed E-state index contributed by atoms with van der Waals surface area (Å²) >= 11 is 6.08. The molecule has 0 aliphatic carbocycles. The third-order valence-corrected chi connectivity index (χ3v) is 5.17. The van der Waals surface area contributed by atoms with Gasteiger partial charge >= 0.3 is 5.97 Å². The molecule has 1 aliphatic rings. The van der Waals surface area contributed by atoms with Crippen LogP contribution in [-0.4, -0.2) is 30.9 Å². The van der Waals surface area contributed by atoms with Crippen LogP contribution in [0, 0.1) is 12.8 Å². The van der Waals surface area contributed by atoms with Gasteiger partial charge in [0.15, 0.2) is 6.61 Å². The van der Waals surface area contributed by atoms with Crippen molar-refractivity contribution in [2.75, 3.05) is 23.4 Å². The van der Waals surface area contributed by atoms with Crippen LogP contribution in [0.5, 0.6) is 0 Å². The van der Waals surface area contributed by atoms with E-state index < -0.39 is 24.4 Å². The molecule has 1 N–H and O–H groups in total. The molecule has 7 heteroatoms. The van der Waals surface area contributed by atoms with Crippen LogP contribution in [-0.2, 0) is 25.5 Å². The van der Waals surface area contributed by atoms with Gasteiger partial charge in [0, 0.05) is 18.7 Å². The van der Waals surface area contributed by atoms with Crippen LogP contribution >= 0.6 is 11.6 Å². The Morgan fingerprint density at radius 1 is 1.21 bits per heavy atom. The first-order valence-electron chi connectivity index (χ1n) is 9.49. The minimum absolute atomic E-state index is 0.0692. The fourth-order valence-electron chi connectivity index (χ4n) is 3.19. The molecule has 1 fully saturated rings. The number of hydrogen-bond donors (Lipinski definition) is 1. The Kier molecular flexibility index (Phi) is 6.54. The monoisotopic (exact) mass is 414 g/mol. The van der Waals surface area contributed by atoms with Crippen molar-refractivity contribution in [2.24, 2.45) is 5.92 Å². The van der Waals surface area contributed by atoms with E-state index in [2.05, 4.69) is 12.2 Å². The summed E-state index contributed by atoms with van der Waals surface area (Å²) in [5.74, 6) is -1.77. The summed E-state index contributed by atoms with van der Waals surface area (Å²) in [6.07, 6.45) is 0.985. The molecule has 6 nitrogen and oxygen atoms in total. The van der Waals surface area contributed by atoms with Gasteiger partial charge in [-0.15, -0.1) is 0 Å². The Morgan fingerprint density at radius 2 is 1.93 bits per heavy atom. The van der Waals surface area contributed by atoms with E-state index >= 15 is 0 Å². The number of nitrogens with zero attached hydrogens (tertiary/aromatic N) is 1. The number of ether oxygens (including phenoxy) is 1. The summed E-state index contributed by atoms with van der Waals surface area (Å²) in [7, 11) is 0. The zero-order valence-corrected chi connectivity index (χ0v) is 17.2. The predicted octanol–water partition coefficient (Wildman–Crippen LogP) is 3.75. The van der Waals surface area contributed by atoms with Gasteiger partial charge in [0.1, 0.15) is 0 Å². The minimum Gasteiger partial charge on any atom is -0.455 e. The number of halogens is 1. The van der Waals surface area contributed by atoms with E-state index in [9.17, 15) is 14.4 Å². The number of carbonyl (C=O) groups excluding carboxylic acids is 3. The van der Waals surface area contributed by atoms with Crippen LogP contribution in [0.1, 0.15) is 24.5 Å². The van der Waals surface area contributed by atoms with Gasteiger partial charge in [0.2, 0.25) is 5.91 Å². The maximum absolute atomic E-state index is 12.3. The number of anilines is 2. The summed E-state index contributed by atoms with van der Waals surface area (Å²) < 4.78 is 5.12. The summed E-state index contributed by atoms with van der Waals surface area (Å²) in [4.78, 5) is 38.3. The van der Waals surface area contributed by atoms with Crippen LogP contribution in [0.25, 0.3) is 0 Å². The molecule has 2 aromatic rings.